The highest BCUT2D eigenvalue weighted by Gasteiger charge is 2.48. The van der Waals surface area contributed by atoms with E-state index in [4.69, 9.17) is 0 Å². The lowest BCUT2D eigenvalue weighted by Crippen LogP contribution is -2.29. The summed E-state index contributed by atoms with van der Waals surface area (Å²) in [5, 5.41) is 9.68. The molecule has 0 heterocycles. The average molecular weight is 853 g/mol. The largest absolute Gasteiger partial charge is 0.310 e. The van der Waals surface area contributed by atoms with Crippen LogP contribution in [0.4, 0.5) is 34.1 Å². The maximum Gasteiger partial charge on any atom is 0.0715 e. The van der Waals surface area contributed by atoms with E-state index in [9.17, 15) is 0 Å². The molecule has 314 valence electrons. The van der Waals surface area contributed by atoms with Crippen LogP contribution in [0.1, 0.15) is 22.3 Å². The number of nitrogens with zero attached hydrogens (tertiary/aromatic N) is 2. The first-order chi connectivity index (χ1) is 33.2. The molecular weight excluding hydrogens is 809 g/mol. The topological polar surface area (TPSA) is 6.48 Å². The number of rotatable bonds is 8. The minimum Gasteiger partial charge on any atom is -0.310 e. The molecule has 0 unspecified atom stereocenters. The second-order valence-corrected chi connectivity index (χ2v) is 17.7. The van der Waals surface area contributed by atoms with Gasteiger partial charge in [-0.3, -0.25) is 0 Å². The normalized spacial score (nSPS) is 12.6. The number of para-hydroxylation sites is 1. The molecule has 12 aromatic carbocycles. The van der Waals surface area contributed by atoms with Crippen LogP contribution in [0.2, 0.25) is 0 Å². The van der Waals surface area contributed by atoms with Gasteiger partial charge in [0, 0.05) is 33.8 Å². The molecule has 12 aromatic rings. The smallest absolute Gasteiger partial charge is 0.0715 e. The molecule has 67 heavy (non-hydrogen) atoms. The number of benzene rings is 12. The Morgan fingerprint density at radius 2 is 0.657 bits per heavy atom. The van der Waals surface area contributed by atoms with Crippen molar-refractivity contribution in [3.05, 3.63) is 289 Å². The third-order valence-corrected chi connectivity index (χ3v) is 14.0. The molecule has 0 amide bonds. The van der Waals surface area contributed by atoms with Crippen LogP contribution in [0.15, 0.2) is 267 Å². The maximum atomic E-state index is 2.53. The van der Waals surface area contributed by atoms with Crippen LogP contribution in [-0.2, 0) is 5.41 Å². The van der Waals surface area contributed by atoms with Crippen LogP contribution < -0.4 is 9.80 Å². The molecule has 0 N–H and O–H groups in total. The van der Waals surface area contributed by atoms with Crippen molar-refractivity contribution in [2.24, 2.45) is 0 Å². The lowest BCUT2D eigenvalue weighted by atomic mass is 9.67. The average Bonchev–Trinajstić information content (AvgIpc) is 3.70. The van der Waals surface area contributed by atoms with Crippen molar-refractivity contribution < 1.29 is 0 Å². The van der Waals surface area contributed by atoms with Gasteiger partial charge in [0.2, 0.25) is 0 Å². The highest BCUT2D eigenvalue weighted by molar-refractivity contribution is 6.12. The van der Waals surface area contributed by atoms with Crippen molar-refractivity contribution in [1.29, 1.82) is 0 Å². The van der Waals surface area contributed by atoms with Crippen LogP contribution in [0.3, 0.4) is 0 Å². The summed E-state index contributed by atoms with van der Waals surface area (Å²) in [4.78, 5) is 4.91. The molecule has 0 aliphatic heterocycles. The van der Waals surface area contributed by atoms with Gasteiger partial charge < -0.3 is 9.80 Å². The summed E-state index contributed by atoms with van der Waals surface area (Å²) in [6.45, 7) is 0. The van der Waals surface area contributed by atoms with Crippen molar-refractivity contribution in [3.63, 3.8) is 0 Å². The predicted octanol–water partition coefficient (Wildman–Crippen LogP) is 17.6. The highest BCUT2D eigenvalue weighted by atomic mass is 15.1. The van der Waals surface area contributed by atoms with Crippen LogP contribution >= 0.6 is 0 Å². The van der Waals surface area contributed by atoms with Crippen LogP contribution in [0, 0.1) is 0 Å². The summed E-state index contributed by atoms with van der Waals surface area (Å²) >= 11 is 0. The second-order valence-electron chi connectivity index (χ2n) is 17.7. The van der Waals surface area contributed by atoms with E-state index < -0.39 is 5.41 Å². The summed E-state index contributed by atoms with van der Waals surface area (Å²) in [5.74, 6) is 0. The predicted molar refractivity (Wildman–Crippen MR) is 283 cm³/mol. The van der Waals surface area contributed by atoms with Crippen molar-refractivity contribution in [2.45, 2.75) is 5.41 Å². The first-order valence-corrected chi connectivity index (χ1v) is 23.2. The molecule has 0 aromatic heterocycles. The number of fused-ring (bicyclic) bond motifs is 8. The van der Waals surface area contributed by atoms with Crippen molar-refractivity contribution in [2.75, 3.05) is 9.80 Å². The molecule has 0 saturated heterocycles. The van der Waals surface area contributed by atoms with E-state index in [1.165, 1.54) is 76.5 Å². The lowest BCUT2D eigenvalue weighted by Gasteiger charge is -2.36. The third kappa shape index (κ3) is 6.26. The van der Waals surface area contributed by atoms with E-state index in [2.05, 4.69) is 277 Å². The van der Waals surface area contributed by atoms with Gasteiger partial charge in [-0.15, -0.1) is 0 Å². The number of hydrogen-bond acceptors (Lipinski definition) is 2. The zero-order valence-electron chi connectivity index (χ0n) is 36.8. The Kier molecular flexibility index (Phi) is 9.11. The zero-order chi connectivity index (χ0) is 44.3. The lowest BCUT2D eigenvalue weighted by molar-refractivity contribution is 0.769. The quantitative estimate of drug-likeness (QED) is 0.150. The Morgan fingerprint density at radius 1 is 0.254 bits per heavy atom. The second kappa shape index (κ2) is 15.8. The first kappa shape index (κ1) is 38.7. The monoisotopic (exact) mass is 852 g/mol. The van der Waals surface area contributed by atoms with Crippen molar-refractivity contribution >= 4 is 77.2 Å². The van der Waals surface area contributed by atoms with E-state index in [0.717, 1.165) is 34.1 Å². The zero-order valence-corrected chi connectivity index (χ0v) is 36.8. The molecule has 2 nitrogen and oxygen atoms in total. The molecule has 0 bridgehead atoms. The summed E-state index contributed by atoms with van der Waals surface area (Å²) in [6, 6.07) is 98.6. The van der Waals surface area contributed by atoms with Gasteiger partial charge in [0.15, 0.2) is 0 Å². The van der Waals surface area contributed by atoms with Gasteiger partial charge in [0.25, 0.3) is 0 Å². The van der Waals surface area contributed by atoms with Gasteiger partial charge in [-0.2, -0.15) is 0 Å². The fourth-order valence-corrected chi connectivity index (χ4v) is 11.0. The fourth-order valence-electron chi connectivity index (χ4n) is 11.0. The molecule has 0 fully saturated rings. The number of anilines is 6. The Morgan fingerprint density at radius 3 is 1.18 bits per heavy atom. The summed E-state index contributed by atoms with van der Waals surface area (Å²) in [5.41, 5.74) is 13.4. The number of hydrogen-bond donors (Lipinski definition) is 0. The van der Waals surface area contributed by atoms with Gasteiger partial charge in [-0.05, 0) is 138 Å². The van der Waals surface area contributed by atoms with Gasteiger partial charge in [0.05, 0.1) is 11.1 Å². The molecule has 0 atom stereocenters. The molecule has 13 rings (SSSR count). The van der Waals surface area contributed by atoms with Gasteiger partial charge >= 0.3 is 0 Å². The molecular formula is C65H44N2. The van der Waals surface area contributed by atoms with Crippen molar-refractivity contribution in [3.8, 4) is 11.1 Å². The molecule has 0 spiro atoms. The van der Waals surface area contributed by atoms with Gasteiger partial charge in [-0.1, -0.05) is 200 Å². The standard InChI is InChI=1S/C65H44N2/c1-4-24-51(25-5-1)65(52-26-6-2-7-27-52)61-43-57(66(53-28-8-3-9-29-53)54-35-32-45-18-10-13-21-48(45)40-54)38-39-60(61)64-59-31-17-16-30-58(59)63(44-62(64)65)67(55-36-33-46-19-11-14-22-49(46)41-55)56-37-34-47-20-12-15-23-50(47)42-56/h1-44H. The summed E-state index contributed by atoms with van der Waals surface area (Å²) in [7, 11) is 0. The van der Waals surface area contributed by atoms with Crippen molar-refractivity contribution in [1.82, 2.24) is 0 Å². The Bertz CT molecular complexity index is 3700. The third-order valence-electron chi connectivity index (χ3n) is 14.0. The molecule has 1 aliphatic carbocycles. The minimum atomic E-state index is -0.688. The molecule has 1 aliphatic rings. The fraction of sp³-hybridized carbons (Fsp3) is 0.0154. The van der Waals surface area contributed by atoms with Gasteiger partial charge in [-0.25, -0.2) is 0 Å². The van der Waals surface area contributed by atoms with E-state index >= 15 is 0 Å². The Labute approximate surface area is 390 Å². The van der Waals surface area contributed by atoms with E-state index in [-0.39, 0.29) is 0 Å². The molecule has 0 saturated carbocycles. The minimum absolute atomic E-state index is 0.688. The summed E-state index contributed by atoms with van der Waals surface area (Å²) in [6.07, 6.45) is 0. The highest BCUT2D eigenvalue weighted by Crippen LogP contribution is 2.61. The van der Waals surface area contributed by atoms with Gasteiger partial charge in [0.1, 0.15) is 0 Å². The first-order valence-electron chi connectivity index (χ1n) is 23.2. The van der Waals surface area contributed by atoms with E-state index in [1.807, 2.05) is 0 Å². The molecule has 0 radical (unpaired) electrons. The van der Waals surface area contributed by atoms with E-state index in [0.29, 0.717) is 0 Å². The summed E-state index contributed by atoms with van der Waals surface area (Å²) < 4.78 is 0. The van der Waals surface area contributed by atoms with E-state index in [1.54, 1.807) is 0 Å². The molecule has 2 heteroatoms. The Hall–Kier alpha value is -8.72. The van der Waals surface area contributed by atoms with Crippen LogP contribution in [0.5, 0.6) is 0 Å². The SMILES string of the molecule is c1ccc(N(c2ccc3c(c2)C(c2ccccc2)(c2ccccc2)c2cc(N(c4ccc5ccccc5c4)c4ccc5ccccc5c4)c4ccccc4c2-3)c2ccc3ccccc3c2)cc1. The van der Waals surface area contributed by atoms with Crippen LogP contribution in [-0.4, -0.2) is 0 Å². The maximum absolute atomic E-state index is 2.53. The van der Waals surface area contributed by atoms with Crippen LogP contribution in [0.25, 0.3) is 54.2 Å². The Balaban J connectivity index is 1.13.